The first-order valence-corrected chi connectivity index (χ1v) is 3.36. The summed E-state index contributed by atoms with van der Waals surface area (Å²) in [7, 11) is 0. The van der Waals surface area contributed by atoms with Crippen LogP contribution in [0.2, 0.25) is 0 Å². The third kappa shape index (κ3) is 1.54. The van der Waals surface area contributed by atoms with E-state index in [1.165, 1.54) is 0 Å². The summed E-state index contributed by atoms with van der Waals surface area (Å²) in [6, 6.07) is 3.44. The number of pyridine rings is 1. The summed E-state index contributed by atoms with van der Waals surface area (Å²) in [4.78, 5) is 13.9. The van der Waals surface area contributed by atoms with Crippen molar-refractivity contribution >= 4 is 17.9 Å². The number of halogens is 1. The van der Waals surface area contributed by atoms with Crippen LogP contribution in [0.4, 0.5) is 0 Å². The van der Waals surface area contributed by atoms with E-state index in [0.29, 0.717) is 17.9 Å². The molecule has 0 aliphatic rings. The second kappa shape index (κ2) is 3.32. The van der Waals surface area contributed by atoms with Gasteiger partial charge in [-0.3, -0.25) is 9.78 Å². The van der Waals surface area contributed by atoms with Gasteiger partial charge in [-0.25, -0.2) is 0 Å². The molecule has 1 rings (SSSR count). The second-order valence-electron chi connectivity index (χ2n) is 1.84. The van der Waals surface area contributed by atoms with Gasteiger partial charge in [0.05, 0.1) is 0 Å². The summed E-state index contributed by atoms with van der Waals surface area (Å²) in [6.07, 6.45) is 2.28. The van der Waals surface area contributed by atoms with Gasteiger partial charge in [0.1, 0.15) is 5.69 Å². The van der Waals surface area contributed by atoms with Gasteiger partial charge in [-0.05, 0) is 17.7 Å². The standard InChI is InChI=1S/C7H6ClNO/c8-4-6-1-2-9-7(3-6)5-10/h1-3,5H,4H2. The van der Waals surface area contributed by atoms with Crippen LogP contribution in [-0.2, 0) is 5.88 Å². The number of alkyl halides is 1. The molecule has 0 N–H and O–H groups in total. The Morgan fingerprint density at radius 3 is 3.10 bits per heavy atom. The Morgan fingerprint density at radius 1 is 1.70 bits per heavy atom. The lowest BCUT2D eigenvalue weighted by molar-refractivity contribution is 0.111. The molecule has 1 aromatic heterocycles. The lowest BCUT2D eigenvalue weighted by atomic mass is 10.2. The van der Waals surface area contributed by atoms with Gasteiger partial charge in [-0.1, -0.05) is 0 Å². The SMILES string of the molecule is O=Cc1cc(CCl)ccn1. The monoisotopic (exact) mass is 155 g/mol. The van der Waals surface area contributed by atoms with Gasteiger partial charge in [0, 0.05) is 12.1 Å². The van der Waals surface area contributed by atoms with Gasteiger partial charge in [-0.15, -0.1) is 11.6 Å². The molecule has 0 aromatic carbocycles. The zero-order valence-corrected chi connectivity index (χ0v) is 6.01. The number of aldehydes is 1. The molecular formula is C7H6ClNO. The first-order chi connectivity index (χ1) is 4.86. The zero-order chi connectivity index (χ0) is 7.40. The maximum atomic E-state index is 10.2. The predicted molar refractivity (Wildman–Crippen MR) is 39.2 cm³/mol. The highest BCUT2D eigenvalue weighted by Crippen LogP contribution is 2.02. The molecule has 0 spiro atoms. The van der Waals surface area contributed by atoms with E-state index in [2.05, 4.69) is 4.98 Å². The summed E-state index contributed by atoms with van der Waals surface area (Å²) in [5, 5.41) is 0. The summed E-state index contributed by atoms with van der Waals surface area (Å²) in [6.45, 7) is 0. The van der Waals surface area contributed by atoms with Gasteiger partial charge >= 0.3 is 0 Å². The summed E-state index contributed by atoms with van der Waals surface area (Å²) >= 11 is 5.51. The molecule has 2 nitrogen and oxygen atoms in total. The third-order valence-corrected chi connectivity index (χ3v) is 1.43. The molecule has 0 fully saturated rings. The van der Waals surface area contributed by atoms with Crippen molar-refractivity contribution in [1.82, 2.24) is 4.98 Å². The molecule has 0 aliphatic carbocycles. The number of carbonyl (C=O) groups excluding carboxylic acids is 1. The molecule has 1 heterocycles. The van der Waals surface area contributed by atoms with Gasteiger partial charge in [0.25, 0.3) is 0 Å². The van der Waals surface area contributed by atoms with Crippen molar-refractivity contribution in [2.24, 2.45) is 0 Å². The number of hydrogen-bond acceptors (Lipinski definition) is 2. The van der Waals surface area contributed by atoms with Crippen LogP contribution >= 0.6 is 11.6 Å². The average molecular weight is 156 g/mol. The van der Waals surface area contributed by atoms with Crippen molar-refractivity contribution in [3.05, 3.63) is 29.6 Å². The maximum absolute atomic E-state index is 10.2. The summed E-state index contributed by atoms with van der Waals surface area (Å²) in [5.41, 5.74) is 1.34. The Labute approximate surface area is 63.8 Å². The van der Waals surface area contributed by atoms with Crippen LogP contribution in [0.3, 0.4) is 0 Å². The van der Waals surface area contributed by atoms with Gasteiger partial charge in [0.2, 0.25) is 0 Å². The highest BCUT2D eigenvalue weighted by Gasteiger charge is 1.92. The topological polar surface area (TPSA) is 30.0 Å². The second-order valence-corrected chi connectivity index (χ2v) is 2.11. The number of aromatic nitrogens is 1. The van der Waals surface area contributed by atoms with Crippen molar-refractivity contribution in [1.29, 1.82) is 0 Å². The van der Waals surface area contributed by atoms with Gasteiger partial charge in [0.15, 0.2) is 6.29 Å². The van der Waals surface area contributed by atoms with Crippen molar-refractivity contribution in [3.8, 4) is 0 Å². The summed E-state index contributed by atoms with van der Waals surface area (Å²) in [5.74, 6) is 0.420. The van der Waals surface area contributed by atoms with E-state index in [9.17, 15) is 4.79 Å². The molecule has 0 saturated heterocycles. The third-order valence-electron chi connectivity index (χ3n) is 1.12. The van der Waals surface area contributed by atoms with Crippen molar-refractivity contribution in [2.45, 2.75) is 5.88 Å². The molecule has 0 saturated carbocycles. The lowest BCUT2D eigenvalue weighted by Gasteiger charge is -1.92. The fourth-order valence-corrected chi connectivity index (χ4v) is 0.808. The fourth-order valence-electron chi connectivity index (χ4n) is 0.642. The quantitative estimate of drug-likeness (QED) is 0.480. The smallest absolute Gasteiger partial charge is 0.168 e. The van der Waals surface area contributed by atoms with Crippen LogP contribution in [-0.4, -0.2) is 11.3 Å². The highest BCUT2D eigenvalue weighted by molar-refractivity contribution is 6.17. The van der Waals surface area contributed by atoms with Crippen LogP contribution < -0.4 is 0 Å². The minimum Gasteiger partial charge on any atom is -0.296 e. The van der Waals surface area contributed by atoms with E-state index < -0.39 is 0 Å². The minimum atomic E-state index is 0.420. The summed E-state index contributed by atoms with van der Waals surface area (Å²) < 4.78 is 0. The predicted octanol–water partition coefficient (Wildman–Crippen LogP) is 1.63. The molecule has 0 amide bonds. The number of hydrogen-bond donors (Lipinski definition) is 0. The maximum Gasteiger partial charge on any atom is 0.168 e. The highest BCUT2D eigenvalue weighted by atomic mass is 35.5. The fraction of sp³-hybridized carbons (Fsp3) is 0.143. The van der Waals surface area contributed by atoms with E-state index in [1.54, 1.807) is 18.3 Å². The molecule has 1 aromatic rings. The largest absolute Gasteiger partial charge is 0.296 e. The molecule has 10 heavy (non-hydrogen) atoms. The first kappa shape index (κ1) is 7.22. The van der Waals surface area contributed by atoms with Gasteiger partial charge in [-0.2, -0.15) is 0 Å². The van der Waals surface area contributed by atoms with E-state index >= 15 is 0 Å². The minimum absolute atomic E-state index is 0.420. The van der Waals surface area contributed by atoms with Gasteiger partial charge < -0.3 is 0 Å². The van der Waals surface area contributed by atoms with Crippen LogP contribution in [0.1, 0.15) is 16.1 Å². The molecule has 0 aliphatic heterocycles. The molecule has 52 valence electrons. The number of carbonyl (C=O) groups is 1. The van der Waals surface area contributed by atoms with E-state index in [-0.39, 0.29) is 0 Å². The Hall–Kier alpha value is -0.890. The van der Waals surface area contributed by atoms with Crippen LogP contribution in [0.25, 0.3) is 0 Å². The van der Waals surface area contributed by atoms with Crippen molar-refractivity contribution in [3.63, 3.8) is 0 Å². The van der Waals surface area contributed by atoms with Crippen LogP contribution in [0, 0.1) is 0 Å². The van der Waals surface area contributed by atoms with Crippen molar-refractivity contribution in [2.75, 3.05) is 0 Å². The zero-order valence-electron chi connectivity index (χ0n) is 5.25. The average Bonchev–Trinajstić information content (AvgIpc) is 2.05. The normalized spacial score (nSPS) is 9.30. The Morgan fingerprint density at radius 2 is 2.50 bits per heavy atom. The van der Waals surface area contributed by atoms with E-state index in [4.69, 9.17) is 11.6 Å². The Balaban J connectivity index is 2.98. The first-order valence-electron chi connectivity index (χ1n) is 2.83. The molecule has 0 radical (unpaired) electrons. The molecule has 0 unspecified atom stereocenters. The van der Waals surface area contributed by atoms with Crippen LogP contribution in [0.5, 0.6) is 0 Å². The molecular weight excluding hydrogens is 150 g/mol. The van der Waals surface area contributed by atoms with E-state index in [0.717, 1.165) is 5.56 Å². The molecule has 3 heteroatoms. The Kier molecular flexibility index (Phi) is 2.40. The van der Waals surface area contributed by atoms with E-state index in [1.807, 2.05) is 0 Å². The lowest BCUT2D eigenvalue weighted by Crippen LogP contribution is -1.87. The Bertz CT molecular complexity index is 237. The number of nitrogens with zero attached hydrogens (tertiary/aromatic N) is 1. The molecule has 0 atom stereocenters. The van der Waals surface area contributed by atoms with Crippen LogP contribution in [0.15, 0.2) is 18.3 Å². The van der Waals surface area contributed by atoms with Crippen molar-refractivity contribution < 1.29 is 4.79 Å². The molecule has 0 bridgehead atoms. The number of rotatable bonds is 2.